The Labute approximate surface area is 117 Å². The smallest absolute Gasteiger partial charge is 0.414 e. The first-order valence-electron chi connectivity index (χ1n) is 6.98. The second-order valence-electron chi connectivity index (χ2n) is 5.32. The minimum atomic E-state index is -0.929. The van der Waals surface area contributed by atoms with E-state index in [0.29, 0.717) is 30.3 Å². The molecule has 1 aliphatic carbocycles. The van der Waals surface area contributed by atoms with Crippen LogP contribution >= 0.6 is 0 Å². The Kier molecular flexibility index (Phi) is 3.34. The average Bonchev–Trinajstić information content (AvgIpc) is 3.09. The second-order valence-corrected chi connectivity index (χ2v) is 5.32. The van der Waals surface area contributed by atoms with Crippen molar-refractivity contribution >= 4 is 17.7 Å². The molecule has 5 heteroatoms. The molecule has 106 valence electrons. The third-order valence-electron chi connectivity index (χ3n) is 4.13. The maximum Gasteiger partial charge on any atom is 0.414 e. The summed E-state index contributed by atoms with van der Waals surface area (Å²) in [6.07, 6.45) is 4.00. The molecule has 1 aromatic rings. The highest BCUT2D eigenvalue weighted by atomic mass is 16.6. The third-order valence-corrected chi connectivity index (χ3v) is 4.13. The van der Waals surface area contributed by atoms with Gasteiger partial charge in [-0.05, 0) is 36.5 Å². The summed E-state index contributed by atoms with van der Waals surface area (Å²) in [5.41, 5.74) is 1.81. The minimum Gasteiger partial charge on any atom is -0.478 e. The summed E-state index contributed by atoms with van der Waals surface area (Å²) in [4.78, 5) is 24.5. The van der Waals surface area contributed by atoms with Gasteiger partial charge in [-0.15, -0.1) is 0 Å². The van der Waals surface area contributed by atoms with Crippen molar-refractivity contribution in [2.24, 2.45) is 0 Å². The lowest BCUT2D eigenvalue weighted by molar-refractivity contribution is 0.0695. The molecule has 1 saturated heterocycles. The number of anilines is 1. The van der Waals surface area contributed by atoms with Gasteiger partial charge in [-0.2, -0.15) is 0 Å². The van der Waals surface area contributed by atoms with Crippen LogP contribution in [0.15, 0.2) is 18.2 Å². The van der Waals surface area contributed by atoms with Gasteiger partial charge in [0.25, 0.3) is 0 Å². The largest absolute Gasteiger partial charge is 0.478 e. The molecule has 5 nitrogen and oxygen atoms in total. The number of hydrogen-bond donors (Lipinski definition) is 1. The molecule has 1 saturated carbocycles. The van der Waals surface area contributed by atoms with Crippen molar-refractivity contribution in [1.29, 1.82) is 0 Å². The maximum atomic E-state index is 11.6. The number of aromatic carboxylic acids is 1. The first kappa shape index (κ1) is 13.0. The van der Waals surface area contributed by atoms with E-state index in [2.05, 4.69) is 0 Å². The highest BCUT2D eigenvalue weighted by molar-refractivity contribution is 5.94. The van der Waals surface area contributed by atoms with E-state index in [-0.39, 0.29) is 0 Å². The van der Waals surface area contributed by atoms with Gasteiger partial charge in [0.2, 0.25) is 0 Å². The number of ether oxygens (including phenoxy) is 1. The molecular weight excluding hydrogens is 258 g/mol. The van der Waals surface area contributed by atoms with Gasteiger partial charge in [-0.25, -0.2) is 9.59 Å². The molecule has 0 spiro atoms. The number of carboxylic acids is 1. The molecule has 0 atom stereocenters. The van der Waals surface area contributed by atoms with E-state index in [0.717, 1.165) is 31.2 Å². The number of rotatable bonds is 3. The van der Waals surface area contributed by atoms with E-state index < -0.39 is 12.1 Å². The van der Waals surface area contributed by atoms with Crippen LogP contribution in [-0.2, 0) is 4.74 Å². The molecule has 2 fully saturated rings. The minimum absolute atomic E-state index is 0.314. The van der Waals surface area contributed by atoms with Crippen molar-refractivity contribution in [3.63, 3.8) is 0 Å². The number of benzene rings is 1. The molecule has 3 rings (SSSR count). The number of nitrogens with zero attached hydrogens (tertiary/aromatic N) is 1. The van der Waals surface area contributed by atoms with Crippen LogP contribution in [0.1, 0.15) is 47.5 Å². The van der Waals surface area contributed by atoms with Gasteiger partial charge in [0.15, 0.2) is 0 Å². The van der Waals surface area contributed by atoms with Crippen LogP contribution in [0, 0.1) is 0 Å². The van der Waals surface area contributed by atoms with Crippen LogP contribution in [0.3, 0.4) is 0 Å². The van der Waals surface area contributed by atoms with Gasteiger partial charge in [-0.3, -0.25) is 4.90 Å². The van der Waals surface area contributed by atoms with Gasteiger partial charge in [-0.1, -0.05) is 18.9 Å². The lowest BCUT2D eigenvalue weighted by Crippen LogP contribution is -2.23. The Morgan fingerprint density at radius 3 is 2.65 bits per heavy atom. The Hall–Kier alpha value is -2.04. The molecule has 20 heavy (non-hydrogen) atoms. The summed E-state index contributed by atoms with van der Waals surface area (Å²) < 4.78 is 4.89. The average molecular weight is 275 g/mol. The highest BCUT2D eigenvalue weighted by Gasteiger charge is 2.27. The number of hydrogen-bond acceptors (Lipinski definition) is 3. The fraction of sp³-hybridized carbons (Fsp3) is 0.467. The molecular formula is C15H17NO4. The predicted molar refractivity (Wildman–Crippen MR) is 73.3 cm³/mol. The van der Waals surface area contributed by atoms with Crippen molar-refractivity contribution in [2.45, 2.75) is 31.6 Å². The van der Waals surface area contributed by atoms with E-state index in [9.17, 15) is 14.7 Å². The number of carboxylic acid groups (broad SMARTS) is 1. The fourth-order valence-electron chi connectivity index (χ4n) is 3.12. The predicted octanol–water partition coefficient (Wildman–Crippen LogP) is 3.00. The van der Waals surface area contributed by atoms with Crippen molar-refractivity contribution < 1.29 is 19.4 Å². The molecule has 1 heterocycles. The van der Waals surface area contributed by atoms with Gasteiger partial charge in [0.05, 0.1) is 12.1 Å². The van der Waals surface area contributed by atoms with Gasteiger partial charge >= 0.3 is 12.1 Å². The Morgan fingerprint density at radius 1 is 1.30 bits per heavy atom. The van der Waals surface area contributed by atoms with Crippen LogP contribution in [-0.4, -0.2) is 30.3 Å². The van der Waals surface area contributed by atoms with Gasteiger partial charge in [0, 0.05) is 5.69 Å². The summed E-state index contributed by atoms with van der Waals surface area (Å²) in [5.74, 6) is -0.595. The SMILES string of the molecule is O=C(O)c1cc(N2CCOC2=O)ccc1C1CCCC1. The molecule has 0 radical (unpaired) electrons. The normalized spacial score (nSPS) is 19.4. The Bertz CT molecular complexity index is 549. The number of amides is 1. The van der Waals surface area contributed by atoms with E-state index in [1.807, 2.05) is 12.1 Å². The summed E-state index contributed by atoms with van der Waals surface area (Å²) in [6, 6.07) is 5.29. The molecule has 1 aromatic carbocycles. The second kappa shape index (κ2) is 5.15. The zero-order valence-electron chi connectivity index (χ0n) is 11.2. The number of carbonyl (C=O) groups excluding carboxylic acids is 1. The number of carbonyl (C=O) groups is 2. The van der Waals surface area contributed by atoms with Crippen LogP contribution in [0.5, 0.6) is 0 Å². The zero-order valence-corrected chi connectivity index (χ0v) is 11.2. The number of cyclic esters (lactones) is 1. The Balaban J connectivity index is 1.97. The standard InChI is InChI=1S/C15H17NO4/c17-14(18)13-9-11(16-7-8-20-15(16)19)5-6-12(13)10-3-1-2-4-10/h5-6,9-10H,1-4,7-8H2,(H,17,18). The molecule has 1 amide bonds. The van der Waals surface area contributed by atoms with Crippen molar-refractivity contribution in [2.75, 3.05) is 18.1 Å². The monoisotopic (exact) mass is 275 g/mol. The molecule has 0 aromatic heterocycles. The van der Waals surface area contributed by atoms with Crippen LogP contribution < -0.4 is 4.90 Å². The fourth-order valence-corrected chi connectivity index (χ4v) is 3.12. The summed E-state index contributed by atoms with van der Waals surface area (Å²) in [6.45, 7) is 0.826. The third kappa shape index (κ3) is 2.24. The quantitative estimate of drug-likeness (QED) is 0.920. The van der Waals surface area contributed by atoms with E-state index in [4.69, 9.17) is 4.74 Å². The first-order valence-corrected chi connectivity index (χ1v) is 6.98. The lowest BCUT2D eigenvalue weighted by atomic mass is 9.92. The first-order chi connectivity index (χ1) is 9.66. The van der Waals surface area contributed by atoms with Crippen molar-refractivity contribution in [3.05, 3.63) is 29.3 Å². The Morgan fingerprint density at radius 2 is 2.05 bits per heavy atom. The lowest BCUT2D eigenvalue weighted by Gasteiger charge is -2.17. The summed E-state index contributed by atoms with van der Waals surface area (Å²) >= 11 is 0. The van der Waals surface area contributed by atoms with Crippen LogP contribution in [0.25, 0.3) is 0 Å². The van der Waals surface area contributed by atoms with Crippen LogP contribution in [0.2, 0.25) is 0 Å². The van der Waals surface area contributed by atoms with E-state index in [1.165, 1.54) is 4.90 Å². The molecule has 0 unspecified atom stereocenters. The maximum absolute atomic E-state index is 11.6. The van der Waals surface area contributed by atoms with Gasteiger partial charge in [0.1, 0.15) is 6.61 Å². The van der Waals surface area contributed by atoms with Crippen molar-refractivity contribution in [1.82, 2.24) is 0 Å². The highest BCUT2D eigenvalue weighted by Crippen LogP contribution is 2.37. The molecule has 1 N–H and O–H groups in total. The van der Waals surface area contributed by atoms with Crippen molar-refractivity contribution in [3.8, 4) is 0 Å². The zero-order chi connectivity index (χ0) is 14.1. The van der Waals surface area contributed by atoms with E-state index in [1.54, 1.807) is 6.07 Å². The molecule has 2 aliphatic rings. The summed E-state index contributed by atoms with van der Waals surface area (Å²) in [7, 11) is 0. The summed E-state index contributed by atoms with van der Waals surface area (Å²) in [5, 5.41) is 9.42. The van der Waals surface area contributed by atoms with E-state index >= 15 is 0 Å². The van der Waals surface area contributed by atoms with Crippen LogP contribution in [0.4, 0.5) is 10.5 Å². The topological polar surface area (TPSA) is 66.8 Å². The molecule has 1 aliphatic heterocycles. The molecule has 0 bridgehead atoms. The van der Waals surface area contributed by atoms with Gasteiger partial charge < -0.3 is 9.84 Å².